The van der Waals surface area contributed by atoms with Gasteiger partial charge in [0, 0.05) is 21.2 Å². The van der Waals surface area contributed by atoms with Gasteiger partial charge in [0.15, 0.2) is 0 Å². The average Bonchev–Trinajstić information content (AvgIpc) is 2.33. The van der Waals surface area contributed by atoms with E-state index in [0.29, 0.717) is 15.6 Å². The number of hydrogen-bond acceptors (Lipinski definition) is 1. The quantitative estimate of drug-likeness (QED) is 0.735. The van der Waals surface area contributed by atoms with Gasteiger partial charge >= 0.3 is 0 Å². The molecule has 0 saturated heterocycles. The van der Waals surface area contributed by atoms with Gasteiger partial charge in [-0.05, 0) is 24.3 Å². The summed E-state index contributed by atoms with van der Waals surface area (Å²) in [6, 6.07) is 11.2. The average molecular weight is 266 g/mol. The van der Waals surface area contributed by atoms with Crippen LogP contribution < -0.4 is 0 Å². The normalized spacial score (nSPS) is 10.0. The summed E-state index contributed by atoms with van der Waals surface area (Å²) in [5, 5.41) is 9.62. The lowest BCUT2D eigenvalue weighted by Gasteiger charge is -2.07. The number of nitriles is 1. The van der Waals surface area contributed by atoms with Crippen molar-refractivity contribution in [2.45, 2.75) is 0 Å². The van der Waals surface area contributed by atoms with E-state index in [1.54, 1.807) is 36.4 Å². The van der Waals surface area contributed by atoms with Crippen molar-refractivity contribution in [1.29, 1.82) is 5.26 Å². The zero-order chi connectivity index (χ0) is 12.4. The van der Waals surface area contributed by atoms with Crippen molar-refractivity contribution in [3.8, 4) is 17.2 Å². The summed E-state index contributed by atoms with van der Waals surface area (Å²) in [7, 11) is 0. The van der Waals surface area contributed by atoms with Gasteiger partial charge in [0.2, 0.25) is 0 Å². The van der Waals surface area contributed by atoms with Gasteiger partial charge in [0.25, 0.3) is 0 Å². The maximum Gasteiger partial charge on any atom is 0.148 e. The second kappa shape index (κ2) is 4.75. The molecular weight excluding hydrogens is 260 g/mol. The predicted molar refractivity (Wildman–Crippen MR) is 66.6 cm³/mol. The van der Waals surface area contributed by atoms with Gasteiger partial charge in [-0.25, -0.2) is 4.39 Å². The van der Waals surface area contributed by atoms with E-state index >= 15 is 0 Å². The standard InChI is InChI=1S/C13H6Cl2FN/c14-9-4-5-12(15)11(6-9)10-3-1-2-8(7-17)13(10)16/h1-6H. The molecule has 0 radical (unpaired) electrons. The van der Waals surface area contributed by atoms with Gasteiger partial charge in [0.1, 0.15) is 11.9 Å². The van der Waals surface area contributed by atoms with Crippen LogP contribution in [-0.2, 0) is 0 Å². The topological polar surface area (TPSA) is 23.8 Å². The van der Waals surface area contributed by atoms with Crippen LogP contribution in [0.4, 0.5) is 4.39 Å². The Morgan fingerprint density at radius 2 is 1.82 bits per heavy atom. The number of hydrogen-bond donors (Lipinski definition) is 0. The molecule has 0 fully saturated rings. The highest BCUT2D eigenvalue weighted by molar-refractivity contribution is 6.35. The van der Waals surface area contributed by atoms with E-state index in [-0.39, 0.29) is 11.1 Å². The molecule has 2 rings (SSSR count). The minimum Gasteiger partial charge on any atom is -0.205 e. The van der Waals surface area contributed by atoms with Gasteiger partial charge in [-0.15, -0.1) is 0 Å². The third-order valence-electron chi connectivity index (χ3n) is 2.34. The van der Waals surface area contributed by atoms with Crippen molar-refractivity contribution < 1.29 is 4.39 Å². The number of halogens is 3. The fraction of sp³-hybridized carbons (Fsp3) is 0. The molecule has 0 N–H and O–H groups in total. The first kappa shape index (κ1) is 11.9. The molecule has 0 saturated carbocycles. The molecule has 0 aliphatic heterocycles. The van der Waals surface area contributed by atoms with Crippen LogP contribution in [0, 0.1) is 17.1 Å². The van der Waals surface area contributed by atoms with E-state index in [4.69, 9.17) is 28.5 Å². The van der Waals surface area contributed by atoms with E-state index in [2.05, 4.69) is 0 Å². The lowest BCUT2D eigenvalue weighted by atomic mass is 10.0. The molecule has 0 aromatic heterocycles. The van der Waals surface area contributed by atoms with Crippen LogP contribution in [0.25, 0.3) is 11.1 Å². The van der Waals surface area contributed by atoms with Crippen molar-refractivity contribution in [3.05, 3.63) is 57.8 Å². The molecule has 0 amide bonds. The first-order chi connectivity index (χ1) is 8.13. The van der Waals surface area contributed by atoms with Crippen LogP contribution >= 0.6 is 23.2 Å². The maximum absolute atomic E-state index is 13.9. The summed E-state index contributed by atoms with van der Waals surface area (Å²) in [5.74, 6) is -0.584. The van der Waals surface area contributed by atoms with Crippen LogP contribution in [-0.4, -0.2) is 0 Å². The van der Waals surface area contributed by atoms with Crippen molar-refractivity contribution in [1.82, 2.24) is 0 Å². The molecule has 84 valence electrons. The molecule has 0 bridgehead atoms. The predicted octanol–water partition coefficient (Wildman–Crippen LogP) is 4.67. The van der Waals surface area contributed by atoms with Crippen molar-refractivity contribution in [2.75, 3.05) is 0 Å². The zero-order valence-electron chi connectivity index (χ0n) is 8.55. The van der Waals surface area contributed by atoms with E-state index in [1.165, 1.54) is 6.07 Å². The smallest absolute Gasteiger partial charge is 0.148 e. The lowest BCUT2D eigenvalue weighted by molar-refractivity contribution is 0.627. The molecule has 2 aromatic rings. The number of benzene rings is 2. The summed E-state index contributed by atoms with van der Waals surface area (Å²) in [4.78, 5) is 0. The van der Waals surface area contributed by atoms with E-state index in [1.807, 2.05) is 0 Å². The summed E-state index contributed by atoms with van der Waals surface area (Å²) in [6.07, 6.45) is 0. The Morgan fingerprint density at radius 1 is 1.06 bits per heavy atom. The minimum absolute atomic E-state index is 0.0152. The molecular formula is C13H6Cl2FN. The van der Waals surface area contributed by atoms with E-state index in [9.17, 15) is 4.39 Å². The molecule has 1 nitrogen and oxygen atoms in total. The molecule has 0 spiro atoms. The largest absolute Gasteiger partial charge is 0.205 e. The summed E-state index contributed by atoms with van der Waals surface area (Å²) < 4.78 is 13.9. The van der Waals surface area contributed by atoms with E-state index < -0.39 is 5.82 Å². The summed E-state index contributed by atoms with van der Waals surface area (Å²) in [5.41, 5.74) is 0.740. The number of nitrogens with zero attached hydrogens (tertiary/aromatic N) is 1. The van der Waals surface area contributed by atoms with Crippen molar-refractivity contribution >= 4 is 23.2 Å². The Bertz CT molecular complexity index is 617. The molecule has 17 heavy (non-hydrogen) atoms. The second-order valence-corrected chi connectivity index (χ2v) is 4.25. The fourth-order valence-corrected chi connectivity index (χ4v) is 1.92. The highest BCUT2D eigenvalue weighted by atomic mass is 35.5. The zero-order valence-corrected chi connectivity index (χ0v) is 10.1. The third kappa shape index (κ3) is 2.26. The third-order valence-corrected chi connectivity index (χ3v) is 2.90. The Balaban J connectivity index is 2.69. The first-order valence-corrected chi connectivity index (χ1v) is 5.53. The minimum atomic E-state index is -0.584. The molecule has 0 unspecified atom stereocenters. The van der Waals surface area contributed by atoms with Crippen molar-refractivity contribution in [3.63, 3.8) is 0 Å². The molecule has 4 heteroatoms. The van der Waals surface area contributed by atoms with Crippen LogP contribution in [0.2, 0.25) is 10.0 Å². The SMILES string of the molecule is N#Cc1cccc(-c2cc(Cl)ccc2Cl)c1F. The Kier molecular flexibility index (Phi) is 3.33. The van der Waals surface area contributed by atoms with Crippen LogP contribution in [0.1, 0.15) is 5.56 Å². The Hall–Kier alpha value is -1.56. The van der Waals surface area contributed by atoms with Gasteiger partial charge in [-0.2, -0.15) is 5.26 Å². The van der Waals surface area contributed by atoms with Gasteiger partial charge in [-0.1, -0.05) is 35.3 Å². The highest BCUT2D eigenvalue weighted by Gasteiger charge is 2.12. The highest BCUT2D eigenvalue weighted by Crippen LogP contribution is 2.32. The fourth-order valence-electron chi connectivity index (χ4n) is 1.53. The van der Waals surface area contributed by atoms with Crippen LogP contribution in [0.15, 0.2) is 36.4 Å². The molecule has 0 aliphatic rings. The molecule has 0 heterocycles. The second-order valence-electron chi connectivity index (χ2n) is 3.40. The van der Waals surface area contributed by atoms with Gasteiger partial charge in [-0.3, -0.25) is 0 Å². The monoisotopic (exact) mass is 265 g/mol. The molecule has 0 aliphatic carbocycles. The van der Waals surface area contributed by atoms with Gasteiger partial charge in [0.05, 0.1) is 5.56 Å². The molecule has 0 atom stereocenters. The first-order valence-electron chi connectivity index (χ1n) is 4.77. The van der Waals surface area contributed by atoms with Crippen LogP contribution in [0.5, 0.6) is 0 Å². The maximum atomic E-state index is 13.9. The lowest BCUT2D eigenvalue weighted by Crippen LogP contribution is -1.89. The molecule has 2 aromatic carbocycles. The summed E-state index contributed by atoms with van der Waals surface area (Å²) in [6.45, 7) is 0. The van der Waals surface area contributed by atoms with E-state index in [0.717, 1.165) is 0 Å². The Morgan fingerprint density at radius 3 is 2.53 bits per heavy atom. The summed E-state index contributed by atoms with van der Waals surface area (Å²) >= 11 is 11.8. The van der Waals surface area contributed by atoms with Gasteiger partial charge < -0.3 is 0 Å². The van der Waals surface area contributed by atoms with Crippen molar-refractivity contribution in [2.24, 2.45) is 0 Å². The van der Waals surface area contributed by atoms with Crippen LogP contribution in [0.3, 0.4) is 0 Å². The Labute approximate surface area is 108 Å². The number of rotatable bonds is 1.